The molecule has 0 radical (unpaired) electrons. The molecule has 0 unspecified atom stereocenters. The van der Waals surface area contributed by atoms with Crippen LogP contribution < -0.4 is 5.32 Å². The molecule has 2 aromatic rings. The van der Waals surface area contributed by atoms with E-state index in [9.17, 15) is 31.5 Å². The number of carbonyl (C=O) groups is 1. The fourth-order valence-corrected chi connectivity index (χ4v) is 3.54. The van der Waals surface area contributed by atoms with Crippen molar-refractivity contribution in [3.8, 4) is 5.75 Å². The average Bonchev–Trinajstić information content (AvgIpc) is 2.54. The number of alkyl halides is 3. The second-order valence-electron chi connectivity index (χ2n) is 5.72. The van der Waals surface area contributed by atoms with Crippen molar-refractivity contribution in [1.82, 2.24) is 5.32 Å². The molecule has 0 aliphatic carbocycles. The molecule has 1 atom stereocenters. The minimum Gasteiger partial charge on any atom is -0.508 e. The van der Waals surface area contributed by atoms with Crippen LogP contribution in [0.1, 0.15) is 12.5 Å². The number of amides is 1. The third kappa shape index (κ3) is 4.75. The zero-order chi connectivity index (χ0) is 19.5. The molecule has 140 valence electrons. The molecule has 0 aliphatic rings. The molecule has 0 saturated heterocycles. The van der Waals surface area contributed by atoms with E-state index in [-0.39, 0.29) is 22.0 Å². The normalized spacial score (nSPS) is 13.2. The molecule has 0 heterocycles. The second-order valence-corrected chi connectivity index (χ2v) is 7.67. The summed E-state index contributed by atoms with van der Waals surface area (Å²) in [4.78, 5) is 10.9. The number of nitrogens with one attached hydrogen (secondary N) is 1. The largest absolute Gasteiger partial charge is 0.508 e. The fourth-order valence-electron chi connectivity index (χ4n) is 2.28. The molecule has 9 heteroatoms. The molecule has 1 amide bonds. The van der Waals surface area contributed by atoms with E-state index in [2.05, 4.69) is 0 Å². The first kappa shape index (κ1) is 19.8. The van der Waals surface area contributed by atoms with Gasteiger partial charge >= 0.3 is 12.1 Å². The number of phenolic OH excluding ortho intramolecular Hbond substituents is 1. The van der Waals surface area contributed by atoms with Crippen LogP contribution in [0, 0.1) is 0 Å². The topological polar surface area (TPSA) is 83.5 Å². The number of sulfone groups is 1. The Morgan fingerprint density at radius 3 is 1.96 bits per heavy atom. The number of carbonyl (C=O) groups excluding carboxylic acids is 1. The first-order valence-corrected chi connectivity index (χ1v) is 8.99. The maximum absolute atomic E-state index is 12.5. The number of benzene rings is 2. The third-order valence-electron chi connectivity index (χ3n) is 3.56. The number of phenols is 1. The summed E-state index contributed by atoms with van der Waals surface area (Å²) >= 11 is 0. The fraction of sp³-hybridized carbons (Fsp3) is 0.235. The second kappa shape index (κ2) is 7.36. The van der Waals surface area contributed by atoms with Crippen molar-refractivity contribution in [3.05, 3.63) is 54.1 Å². The summed E-state index contributed by atoms with van der Waals surface area (Å²) in [7, 11) is -3.77. The van der Waals surface area contributed by atoms with Crippen molar-refractivity contribution >= 4 is 15.7 Å². The molecular weight excluding hydrogens is 371 g/mol. The van der Waals surface area contributed by atoms with Gasteiger partial charge < -0.3 is 10.4 Å². The van der Waals surface area contributed by atoms with E-state index in [1.807, 2.05) is 5.32 Å². The highest BCUT2D eigenvalue weighted by Gasteiger charge is 2.39. The minimum atomic E-state index is -4.95. The van der Waals surface area contributed by atoms with E-state index in [4.69, 9.17) is 0 Å². The van der Waals surface area contributed by atoms with Gasteiger partial charge in [-0.2, -0.15) is 13.2 Å². The Morgan fingerprint density at radius 2 is 1.50 bits per heavy atom. The summed E-state index contributed by atoms with van der Waals surface area (Å²) in [5, 5.41) is 11.1. The third-order valence-corrected chi connectivity index (χ3v) is 5.34. The zero-order valence-electron chi connectivity index (χ0n) is 13.6. The predicted octanol–water partition coefficient (Wildman–Crippen LogP) is 2.83. The van der Waals surface area contributed by atoms with Gasteiger partial charge in [0.05, 0.1) is 9.79 Å². The highest BCUT2D eigenvalue weighted by molar-refractivity contribution is 7.91. The Balaban J connectivity index is 2.10. The summed E-state index contributed by atoms with van der Waals surface area (Å²) in [6.07, 6.45) is -4.84. The molecule has 26 heavy (non-hydrogen) atoms. The van der Waals surface area contributed by atoms with Crippen LogP contribution in [0.15, 0.2) is 58.3 Å². The van der Waals surface area contributed by atoms with E-state index < -0.39 is 28.0 Å². The molecule has 0 bridgehead atoms. The summed E-state index contributed by atoms with van der Waals surface area (Å²) in [5.41, 5.74) is 0.574. The molecule has 5 nitrogen and oxygen atoms in total. The van der Waals surface area contributed by atoms with Gasteiger partial charge in [-0.25, -0.2) is 8.42 Å². The first-order chi connectivity index (χ1) is 12.0. The molecule has 0 aromatic heterocycles. The monoisotopic (exact) mass is 387 g/mol. The van der Waals surface area contributed by atoms with Crippen LogP contribution >= 0.6 is 0 Å². The van der Waals surface area contributed by atoms with Gasteiger partial charge in [-0.3, -0.25) is 4.79 Å². The maximum atomic E-state index is 12.5. The minimum absolute atomic E-state index is 0.00820. The van der Waals surface area contributed by atoms with Gasteiger partial charge in [0.15, 0.2) is 0 Å². The molecule has 2 aromatic carbocycles. The Bertz CT molecular complexity index is 876. The Labute approximate surface area is 148 Å². The lowest BCUT2D eigenvalue weighted by atomic mass is 10.1. The lowest BCUT2D eigenvalue weighted by Crippen LogP contribution is -2.42. The van der Waals surface area contributed by atoms with Crippen molar-refractivity contribution in [3.63, 3.8) is 0 Å². The summed E-state index contributed by atoms with van der Waals surface area (Å²) in [6.45, 7) is 1.42. The first-order valence-electron chi connectivity index (χ1n) is 7.51. The lowest BCUT2D eigenvalue weighted by molar-refractivity contribution is -0.174. The van der Waals surface area contributed by atoms with Crippen molar-refractivity contribution in [1.29, 1.82) is 0 Å². The van der Waals surface area contributed by atoms with Gasteiger partial charge in [-0.1, -0.05) is 12.1 Å². The molecule has 0 saturated carbocycles. The smallest absolute Gasteiger partial charge is 0.471 e. The van der Waals surface area contributed by atoms with E-state index in [1.165, 1.54) is 55.5 Å². The van der Waals surface area contributed by atoms with Crippen molar-refractivity contribution in [2.75, 3.05) is 0 Å². The SMILES string of the molecule is C[C@@H](Cc1ccc(S(=O)(=O)c2ccc(O)cc2)cc1)NC(=O)C(F)(F)F. The van der Waals surface area contributed by atoms with Gasteiger partial charge in [0.25, 0.3) is 0 Å². The Hall–Kier alpha value is -2.55. The summed E-state index contributed by atoms with van der Waals surface area (Å²) in [5.74, 6) is -2.08. The zero-order valence-corrected chi connectivity index (χ0v) is 14.4. The lowest BCUT2D eigenvalue weighted by Gasteiger charge is -2.15. The standard InChI is InChI=1S/C17H16F3NO4S/c1-11(21-16(23)17(18,19)20)10-12-2-6-14(7-3-12)26(24,25)15-8-4-13(22)5-9-15/h2-9,11,22H,10H2,1H3,(H,21,23)/t11-/m0/s1. The molecule has 0 fully saturated rings. The van der Waals surface area contributed by atoms with Gasteiger partial charge in [-0.05, 0) is 55.3 Å². The van der Waals surface area contributed by atoms with Gasteiger partial charge in [0.1, 0.15) is 5.75 Å². The summed E-state index contributed by atoms with van der Waals surface area (Å²) in [6, 6.07) is 9.92. The predicted molar refractivity (Wildman–Crippen MR) is 87.4 cm³/mol. The molecule has 0 spiro atoms. The number of hydrogen-bond donors (Lipinski definition) is 2. The van der Waals surface area contributed by atoms with Crippen LogP contribution in [0.3, 0.4) is 0 Å². The van der Waals surface area contributed by atoms with Crippen LogP contribution in [0.5, 0.6) is 5.75 Å². The number of halogens is 3. The Morgan fingerprint density at radius 1 is 1.04 bits per heavy atom. The van der Waals surface area contributed by atoms with Crippen LogP contribution in [-0.4, -0.2) is 31.6 Å². The molecule has 2 rings (SSSR count). The van der Waals surface area contributed by atoms with Crippen molar-refractivity contribution in [2.24, 2.45) is 0 Å². The number of hydrogen-bond acceptors (Lipinski definition) is 4. The van der Waals surface area contributed by atoms with E-state index in [1.54, 1.807) is 0 Å². The molecule has 2 N–H and O–H groups in total. The van der Waals surface area contributed by atoms with Crippen molar-refractivity contribution < 1.29 is 31.5 Å². The summed E-state index contributed by atoms with van der Waals surface area (Å²) < 4.78 is 61.6. The molecule has 0 aliphatic heterocycles. The highest BCUT2D eigenvalue weighted by Crippen LogP contribution is 2.23. The van der Waals surface area contributed by atoms with E-state index >= 15 is 0 Å². The number of rotatable bonds is 5. The van der Waals surface area contributed by atoms with E-state index in [0.717, 1.165) is 0 Å². The van der Waals surface area contributed by atoms with Crippen LogP contribution in [0.4, 0.5) is 13.2 Å². The highest BCUT2D eigenvalue weighted by atomic mass is 32.2. The van der Waals surface area contributed by atoms with Crippen LogP contribution in [-0.2, 0) is 21.1 Å². The Kier molecular flexibility index (Phi) is 5.60. The average molecular weight is 387 g/mol. The van der Waals surface area contributed by atoms with Crippen LogP contribution in [0.25, 0.3) is 0 Å². The van der Waals surface area contributed by atoms with Crippen molar-refractivity contribution in [2.45, 2.75) is 35.4 Å². The molecular formula is C17H16F3NO4S. The quantitative estimate of drug-likeness (QED) is 0.827. The van der Waals surface area contributed by atoms with E-state index in [0.29, 0.717) is 5.56 Å². The van der Waals surface area contributed by atoms with Crippen LogP contribution in [0.2, 0.25) is 0 Å². The maximum Gasteiger partial charge on any atom is 0.471 e. The number of aromatic hydroxyl groups is 1. The van der Waals surface area contributed by atoms with Gasteiger partial charge in [-0.15, -0.1) is 0 Å². The van der Waals surface area contributed by atoms with Gasteiger partial charge in [0.2, 0.25) is 9.84 Å². The van der Waals surface area contributed by atoms with Gasteiger partial charge in [0, 0.05) is 6.04 Å².